The van der Waals surface area contributed by atoms with Crippen LogP contribution in [0, 0.1) is 11.6 Å². The van der Waals surface area contributed by atoms with Crippen molar-refractivity contribution in [3.05, 3.63) is 94.8 Å². The number of aromatic nitrogens is 2. The highest BCUT2D eigenvalue weighted by molar-refractivity contribution is 5.93. The molecule has 0 spiro atoms. The van der Waals surface area contributed by atoms with Crippen LogP contribution >= 0.6 is 0 Å². The number of hydrogen-bond donors (Lipinski definition) is 0. The van der Waals surface area contributed by atoms with Gasteiger partial charge in [0.1, 0.15) is 5.75 Å². The zero-order valence-electron chi connectivity index (χ0n) is 17.7. The first kappa shape index (κ1) is 21.6. The molecule has 0 N–H and O–H groups in total. The number of nitrogens with zero attached hydrogens (tertiary/aromatic N) is 3. The van der Waals surface area contributed by atoms with Crippen molar-refractivity contribution in [2.75, 3.05) is 20.2 Å². The van der Waals surface area contributed by atoms with Crippen LogP contribution in [0.4, 0.5) is 8.78 Å². The first-order valence-corrected chi connectivity index (χ1v) is 10.3. The smallest absolute Gasteiger partial charge is 0.275 e. The van der Waals surface area contributed by atoms with E-state index in [4.69, 9.17) is 4.74 Å². The van der Waals surface area contributed by atoms with Gasteiger partial charge in [-0.3, -0.25) is 9.69 Å². The molecule has 0 aliphatic rings. The Balaban J connectivity index is 1.54. The van der Waals surface area contributed by atoms with E-state index in [1.807, 2.05) is 42.3 Å². The van der Waals surface area contributed by atoms with Crippen LogP contribution in [0.5, 0.6) is 5.75 Å². The van der Waals surface area contributed by atoms with Crippen molar-refractivity contribution in [3.63, 3.8) is 0 Å². The quantitative estimate of drug-likeness (QED) is 0.377. The fourth-order valence-corrected chi connectivity index (χ4v) is 3.53. The Bertz CT molecular complexity index is 1280. The molecule has 0 unspecified atom stereocenters. The van der Waals surface area contributed by atoms with Gasteiger partial charge in [0.15, 0.2) is 11.6 Å². The number of hydrogen-bond acceptors (Lipinski definition) is 4. The van der Waals surface area contributed by atoms with Gasteiger partial charge in [0.25, 0.3) is 5.56 Å². The summed E-state index contributed by atoms with van der Waals surface area (Å²) in [6.45, 7) is 1.49. The standard InChI is InChI=1S/C25H23F2N3O2/c1-29(14-7-15-32-19-8-3-2-4-9-19)17-30-25(31)21-11-6-5-10-20(21)24(28-30)18-12-13-22(26)23(27)16-18/h2-6,8-13,16H,7,14-15,17H2,1H3. The van der Waals surface area contributed by atoms with Gasteiger partial charge >= 0.3 is 0 Å². The average Bonchev–Trinajstić information content (AvgIpc) is 2.81. The molecule has 0 radical (unpaired) electrons. The van der Waals surface area contributed by atoms with Crippen LogP contribution in [0.3, 0.4) is 0 Å². The molecule has 0 bridgehead atoms. The van der Waals surface area contributed by atoms with E-state index in [9.17, 15) is 13.6 Å². The zero-order valence-corrected chi connectivity index (χ0v) is 17.7. The van der Waals surface area contributed by atoms with Gasteiger partial charge in [-0.25, -0.2) is 13.5 Å². The third kappa shape index (κ3) is 4.84. The maximum absolute atomic E-state index is 13.9. The molecule has 4 aromatic rings. The van der Waals surface area contributed by atoms with Gasteiger partial charge in [-0.15, -0.1) is 0 Å². The fourth-order valence-electron chi connectivity index (χ4n) is 3.53. The topological polar surface area (TPSA) is 47.4 Å². The van der Waals surface area contributed by atoms with Gasteiger partial charge in [0.05, 0.1) is 24.4 Å². The molecule has 0 amide bonds. The van der Waals surface area contributed by atoms with Crippen LogP contribution in [-0.4, -0.2) is 34.9 Å². The van der Waals surface area contributed by atoms with E-state index in [0.717, 1.165) is 24.3 Å². The molecular weight excluding hydrogens is 412 g/mol. The first-order chi connectivity index (χ1) is 15.5. The molecule has 0 aliphatic heterocycles. The number of halogens is 2. The molecule has 7 heteroatoms. The molecule has 32 heavy (non-hydrogen) atoms. The highest BCUT2D eigenvalue weighted by Crippen LogP contribution is 2.26. The van der Waals surface area contributed by atoms with Crippen molar-refractivity contribution < 1.29 is 13.5 Å². The van der Waals surface area contributed by atoms with Crippen LogP contribution in [0.15, 0.2) is 77.6 Å². The second-order valence-corrected chi connectivity index (χ2v) is 7.56. The maximum atomic E-state index is 13.9. The summed E-state index contributed by atoms with van der Waals surface area (Å²) in [5.41, 5.74) is 0.604. The van der Waals surface area contributed by atoms with E-state index in [1.165, 1.54) is 10.7 Å². The Kier molecular flexibility index (Phi) is 6.56. The van der Waals surface area contributed by atoms with E-state index in [2.05, 4.69) is 5.10 Å². The average molecular weight is 435 g/mol. The fraction of sp³-hybridized carbons (Fsp3) is 0.200. The van der Waals surface area contributed by atoms with Crippen LogP contribution in [0.25, 0.3) is 22.0 Å². The van der Waals surface area contributed by atoms with Crippen molar-refractivity contribution in [3.8, 4) is 17.0 Å². The molecule has 1 heterocycles. The largest absolute Gasteiger partial charge is 0.494 e. The minimum atomic E-state index is -0.957. The second-order valence-electron chi connectivity index (χ2n) is 7.56. The molecule has 0 fully saturated rings. The predicted molar refractivity (Wildman–Crippen MR) is 121 cm³/mol. The molecule has 4 rings (SSSR count). The summed E-state index contributed by atoms with van der Waals surface area (Å²) in [4.78, 5) is 15.0. The number of benzene rings is 3. The lowest BCUT2D eigenvalue weighted by Crippen LogP contribution is -2.33. The van der Waals surface area contributed by atoms with Gasteiger partial charge in [0, 0.05) is 17.5 Å². The van der Waals surface area contributed by atoms with E-state index in [-0.39, 0.29) is 12.2 Å². The van der Waals surface area contributed by atoms with E-state index in [0.29, 0.717) is 35.2 Å². The van der Waals surface area contributed by atoms with Crippen molar-refractivity contribution in [1.82, 2.24) is 14.7 Å². The van der Waals surface area contributed by atoms with Crippen molar-refractivity contribution in [2.45, 2.75) is 13.1 Å². The lowest BCUT2D eigenvalue weighted by Gasteiger charge is -2.19. The van der Waals surface area contributed by atoms with Crippen LogP contribution in [0.2, 0.25) is 0 Å². The van der Waals surface area contributed by atoms with E-state index < -0.39 is 11.6 Å². The summed E-state index contributed by atoms with van der Waals surface area (Å²) in [7, 11) is 1.89. The first-order valence-electron chi connectivity index (χ1n) is 10.3. The SMILES string of the molecule is CN(CCCOc1ccccc1)Cn1nc(-c2ccc(F)c(F)c2)c2ccccc2c1=O. The molecule has 0 aliphatic carbocycles. The summed E-state index contributed by atoms with van der Waals surface area (Å²) in [6, 6.07) is 20.2. The van der Waals surface area contributed by atoms with E-state index >= 15 is 0 Å². The zero-order chi connectivity index (χ0) is 22.5. The van der Waals surface area contributed by atoms with E-state index in [1.54, 1.807) is 24.3 Å². The monoisotopic (exact) mass is 435 g/mol. The number of para-hydroxylation sites is 1. The van der Waals surface area contributed by atoms with Crippen molar-refractivity contribution >= 4 is 10.8 Å². The number of ether oxygens (including phenoxy) is 1. The lowest BCUT2D eigenvalue weighted by atomic mass is 10.0. The molecule has 0 atom stereocenters. The number of rotatable bonds is 8. The Morgan fingerprint density at radius 2 is 1.66 bits per heavy atom. The van der Waals surface area contributed by atoms with Crippen LogP contribution in [0.1, 0.15) is 6.42 Å². The predicted octanol–water partition coefficient (Wildman–Crippen LogP) is 4.70. The Hall–Kier alpha value is -3.58. The summed E-state index contributed by atoms with van der Waals surface area (Å²) < 4.78 is 34.4. The minimum Gasteiger partial charge on any atom is -0.494 e. The van der Waals surface area contributed by atoms with Crippen molar-refractivity contribution in [2.24, 2.45) is 0 Å². The number of fused-ring (bicyclic) bond motifs is 1. The molecule has 164 valence electrons. The Morgan fingerprint density at radius 3 is 2.41 bits per heavy atom. The molecule has 5 nitrogen and oxygen atoms in total. The molecule has 1 aromatic heterocycles. The van der Waals surface area contributed by atoms with Gasteiger partial charge < -0.3 is 4.74 Å². The Labute approximate surface area is 184 Å². The second kappa shape index (κ2) is 9.70. The summed E-state index contributed by atoms with van der Waals surface area (Å²) >= 11 is 0. The highest BCUT2D eigenvalue weighted by Gasteiger charge is 2.14. The Morgan fingerprint density at radius 1 is 0.938 bits per heavy atom. The van der Waals surface area contributed by atoms with Gasteiger partial charge in [-0.05, 0) is 49.9 Å². The third-order valence-corrected chi connectivity index (χ3v) is 5.13. The summed E-state index contributed by atoms with van der Waals surface area (Å²) in [5, 5.41) is 5.57. The van der Waals surface area contributed by atoms with Crippen LogP contribution in [-0.2, 0) is 6.67 Å². The van der Waals surface area contributed by atoms with Crippen LogP contribution < -0.4 is 10.3 Å². The molecule has 0 saturated heterocycles. The van der Waals surface area contributed by atoms with Gasteiger partial charge in [-0.2, -0.15) is 5.10 Å². The highest BCUT2D eigenvalue weighted by atomic mass is 19.2. The molecular formula is C25H23F2N3O2. The third-order valence-electron chi connectivity index (χ3n) is 5.13. The van der Waals surface area contributed by atoms with Gasteiger partial charge in [0.2, 0.25) is 0 Å². The summed E-state index contributed by atoms with van der Waals surface area (Å²) in [5.74, 6) is -1.07. The molecule has 3 aromatic carbocycles. The summed E-state index contributed by atoms with van der Waals surface area (Å²) in [6.07, 6.45) is 0.768. The molecule has 0 saturated carbocycles. The normalized spacial score (nSPS) is 11.2. The maximum Gasteiger partial charge on any atom is 0.275 e. The van der Waals surface area contributed by atoms with Gasteiger partial charge in [-0.1, -0.05) is 36.4 Å². The minimum absolute atomic E-state index is 0.237. The van der Waals surface area contributed by atoms with Crippen molar-refractivity contribution in [1.29, 1.82) is 0 Å². The lowest BCUT2D eigenvalue weighted by molar-refractivity contribution is 0.219.